The van der Waals surface area contributed by atoms with Crippen molar-refractivity contribution in [1.82, 2.24) is 19.5 Å². The molecule has 0 bridgehead atoms. The maximum absolute atomic E-state index is 14.7. The number of hydrogen-bond acceptors (Lipinski definition) is 7. The average Bonchev–Trinajstić information content (AvgIpc) is 3.14. The van der Waals surface area contributed by atoms with Gasteiger partial charge in [-0.2, -0.15) is 0 Å². The van der Waals surface area contributed by atoms with Crippen LogP contribution in [0.5, 0.6) is 11.6 Å². The standard InChI is InChI=1S/C25H27FN4O5S/c1-6-35-24-21(34-4)10-9-19(28-24)20(13-36(5,32)33)30-23-22(29-25(30)31)15(3)17(12-27-23)16-8-7-14(2)11-18(16)26/h7-12,20H,6,13H2,1-5H3,(H,29,31). The topological polar surface area (TPSA) is 116 Å². The van der Waals surface area contributed by atoms with Crippen molar-refractivity contribution in [1.29, 1.82) is 0 Å². The van der Waals surface area contributed by atoms with Crippen molar-refractivity contribution in [2.75, 3.05) is 25.7 Å². The van der Waals surface area contributed by atoms with Crippen LogP contribution in [-0.4, -0.2) is 53.7 Å². The largest absolute Gasteiger partial charge is 0.491 e. The fraction of sp³-hybridized carbons (Fsp3) is 0.320. The Morgan fingerprint density at radius 3 is 2.56 bits per heavy atom. The summed E-state index contributed by atoms with van der Waals surface area (Å²) in [4.78, 5) is 24.9. The smallest absolute Gasteiger partial charge is 0.328 e. The SMILES string of the molecule is CCOc1nc(C(CS(C)(=O)=O)n2c(=O)[nH]c3c(C)c(-c4ccc(C)cc4F)cnc32)ccc1OC. The van der Waals surface area contributed by atoms with Crippen LogP contribution in [0.15, 0.2) is 41.3 Å². The van der Waals surface area contributed by atoms with Crippen LogP contribution in [-0.2, 0) is 9.84 Å². The lowest BCUT2D eigenvalue weighted by atomic mass is 10.0. The molecule has 1 N–H and O–H groups in total. The predicted molar refractivity (Wildman–Crippen MR) is 135 cm³/mol. The number of nitrogens with one attached hydrogen (secondary N) is 1. The lowest BCUT2D eigenvalue weighted by Crippen LogP contribution is -2.29. The molecule has 1 aromatic carbocycles. The van der Waals surface area contributed by atoms with Gasteiger partial charge in [-0.1, -0.05) is 12.1 Å². The van der Waals surface area contributed by atoms with Crippen molar-refractivity contribution in [2.45, 2.75) is 26.8 Å². The quantitative estimate of drug-likeness (QED) is 0.382. The van der Waals surface area contributed by atoms with E-state index in [0.29, 0.717) is 40.3 Å². The second-order valence-electron chi connectivity index (χ2n) is 8.56. The van der Waals surface area contributed by atoms with E-state index in [-0.39, 0.29) is 11.5 Å². The molecule has 0 radical (unpaired) electrons. The van der Waals surface area contributed by atoms with Gasteiger partial charge in [-0.25, -0.2) is 27.6 Å². The number of halogens is 1. The molecule has 4 aromatic rings. The van der Waals surface area contributed by atoms with Crippen molar-refractivity contribution in [3.63, 3.8) is 0 Å². The summed E-state index contributed by atoms with van der Waals surface area (Å²) in [6, 6.07) is 7.09. The van der Waals surface area contributed by atoms with E-state index in [1.165, 1.54) is 23.9 Å². The second kappa shape index (κ2) is 9.73. The molecule has 0 saturated carbocycles. The summed E-state index contributed by atoms with van der Waals surface area (Å²) in [5.74, 6) is -0.240. The molecule has 0 aliphatic heterocycles. The summed E-state index contributed by atoms with van der Waals surface area (Å²) in [6.07, 6.45) is 2.57. The van der Waals surface area contributed by atoms with Gasteiger partial charge in [0.2, 0.25) is 0 Å². The van der Waals surface area contributed by atoms with Crippen LogP contribution in [0.4, 0.5) is 4.39 Å². The van der Waals surface area contributed by atoms with Crippen molar-refractivity contribution in [2.24, 2.45) is 0 Å². The summed E-state index contributed by atoms with van der Waals surface area (Å²) in [5.41, 5.74) is 2.61. The predicted octanol–water partition coefficient (Wildman–Crippen LogP) is 3.58. The van der Waals surface area contributed by atoms with Crippen LogP contribution in [0.3, 0.4) is 0 Å². The van der Waals surface area contributed by atoms with Gasteiger partial charge in [-0.05, 0) is 50.1 Å². The number of ether oxygens (including phenoxy) is 2. The molecule has 11 heteroatoms. The van der Waals surface area contributed by atoms with Crippen molar-refractivity contribution in [3.8, 4) is 22.8 Å². The Labute approximate surface area is 207 Å². The minimum atomic E-state index is -3.56. The zero-order chi connectivity index (χ0) is 26.2. The van der Waals surface area contributed by atoms with Crippen LogP contribution in [0.1, 0.15) is 29.8 Å². The molecule has 0 fully saturated rings. The first-order valence-corrected chi connectivity index (χ1v) is 13.3. The van der Waals surface area contributed by atoms with E-state index in [9.17, 15) is 17.6 Å². The Bertz CT molecular complexity index is 1610. The number of H-pyrrole nitrogens is 1. The number of aryl methyl sites for hydroxylation is 2. The van der Waals surface area contributed by atoms with Gasteiger partial charge < -0.3 is 14.5 Å². The van der Waals surface area contributed by atoms with E-state index < -0.39 is 33.1 Å². The van der Waals surface area contributed by atoms with Gasteiger partial charge >= 0.3 is 5.69 Å². The highest BCUT2D eigenvalue weighted by molar-refractivity contribution is 7.90. The molecule has 190 valence electrons. The number of imidazole rings is 1. The molecule has 0 aliphatic carbocycles. The highest BCUT2D eigenvalue weighted by Crippen LogP contribution is 2.32. The highest BCUT2D eigenvalue weighted by Gasteiger charge is 2.27. The maximum atomic E-state index is 14.7. The normalized spacial score (nSPS) is 12.6. The fourth-order valence-corrected chi connectivity index (χ4v) is 5.08. The molecular weight excluding hydrogens is 487 g/mol. The Morgan fingerprint density at radius 2 is 1.92 bits per heavy atom. The number of pyridine rings is 2. The molecule has 1 atom stereocenters. The van der Waals surface area contributed by atoms with Gasteiger partial charge in [-0.3, -0.25) is 4.57 Å². The van der Waals surface area contributed by atoms with Crippen LogP contribution >= 0.6 is 0 Å². The van der Waals surface area contributed by atoms with Crippen molar-refractivity contribution in [3.05, 3.63) is 69.7 Å². The Morgan fingerprint density at radius 1 is 1.17 bits per heavy atom. The van der Waals surface area contributed by atoms with E-state index in [2.05, 4.69) is 15.0 Å². The molecule has 0 saturated heterocycles. The van der Waals surface area contributed by atoms with Crippen LogP contribution in [0.25, 0.3) is 22.3 Å². The van der Waals surface area contributed by atoms with Gasteiger partial charge in [0.25, 0.3) is 5.88 Å². The number of fused-ring (bicyclic) bond motifs is 1. The van der Waals surface area contributed by atoms with E-state index in [4.69, 9.17) is 9.47 Å². The summed E-state index contributed by atoms with van der Waals surface area (Å²) in [6.45, 7) is 5.65. The fourth-order valence-electron chi connectivity index (χ4n) is 4.19. The number of methoxy groups -OCH3 is 1. The third kappa shape index (κ3) is 4.83. The molecule has 3 heterocycles. The second-order valence-corrected chi connectivity index (χ2v) is 10.7. The van der Waals surface area contributed by atoms with Crippen LogP contribution in [0.2, 0.25) is 0 Å². The summed E-state index contributed by atoms with van der Waals surface area (Å²) in [7, 11) is -2.09. The monoisotopic (exact) mass is 514 g/mol. The molecule has 9 nitrogen and oxygen atoms in total. The molecule has 3 aromatic heterocycles. The third-order valence-corrected chi connectivity index (χ3v) is 6.80. The molecular formula is C25H27FN4O5S. The number of sulfone groups is 1. The number of aromatic amines is 1. The first kappa shape index (κ1) is 25.4. The number of benzene rings is 1. The lowest BCUT2D eigenvalue weighted by Gasteiger charge is -2.19. The Hall–Kier alpha value is -3.73. The van der Waals surface area contributed by atoms with Crippen molar-refractivity contribution >= 4 is 21.0 Å². The van der Waals surface area contributed by atoms with Gasteiger partial charge in [-0.15, -0.1) is 0 Å². The summed E-state index contributed by atoms with van der Waals surface area (Å²) >= 11 is 0. The summed E-state index contributed by atoms with van der Waals surface area (Å²) < 4.78 is 51.6. The molecule has 0 amide bonds. The molecule has 0 aliphatic rings. The minimum absolute atomic E-state index is 0.185. The van der Waals surface area contributed by atoms with Crippen molar-refractivity contribution < 1.29 is 22.3 Å². The number of aromatic nitrogens is 4. The lowest BCUT2D eigenvalue weighted by molar-refractivity contribution is 0.296. The van der Waals surface area contributed by atoms with E-state index in [1.54, 1.807) is 45.0 Å². The zero-order valence-electron chi connectivity index (χ0n) is 20.6. The molecule has 36 heavy (non-hydrogen) atoms. The van der Waals surface area contributed by atoms with E-state index in [0.717, 1.165) is 11.8 Å². The molecule has 1 unspecified atom stereocenters. The van der Waals surface area contributed by atoms with Gasteiger partial charge in [0, 0.05) is 23.6 Å². The Balaban J connectivity index is 1.93. The third-order valence-electron chi connectivity index (χ3n) is 5.87. The Kier molecular flexibility index (Phi) is 6.85. The summed E-state index contributed by atoms with van der Waals surface area (Å²) in [5, 5.41) is 0. The maximum Gasteiger partial charge on any atom is 0.328 e. The molecule has 4 rings (SSSR count). The van der Waals surface area contributed by atoms with E-state index >= 15 is 0 Å². The minimum Gasteiger partial charge on any atom is -0.491 e. The first-order valence-electron chi connectivity index (χ1n) is 11.3. The van der Waals surface area contributed by atoms with Crippen LogP contribution in [0, 0.1) is 19.7 Å². The van der Waals surface area contributed by atoms with E-state index in [1.807, 2.05) is 0 Å². The highest BCUT2D eigenvalue weighted by atomic mass is 32.2. The number of nitrogens with zero attached hydrogens (tertiary/aromatic N) is 3. The number of rotatable bonds is 8. The average molecular weight is 515 g/mol. The van der Waals surface area contributed by atoms with Gasteiger partial charge in [0.05, 0.1) is 36.7 Å². The van der Waals surface area contributed by atoms with Crippen LogP contribution < -0.4 is 15.2 Å². The molecule has 0 spiro atoms. The zero-order valence-corrected chi connectivity index (χ0v) is 21.4. The first-order chi connectivity index (χ1) is 17.0. The van der Waals surface area contributed by atoms with Gasteiger partial charge in [0.15, 0.2) is 11.4 Å². The number of hydrogen-bond donors (Lipinski definition) is 1. The van der Waals surface area contributed by atoms with Gasteiger partial charge in [0.1, 0.15) is 15.7 Å².